The fourth-order valence-corrected chi connectivity index (χ4v) is 2.25. The van der Waals surface area contributed by atoms with Crippen molar-refractivity contribution in [3.8, 4) is 0 Å². The van der Waals surface area contributed by atoms with Crippen molar-refractivity contribution in [3.63, 3.8) is 0 Å². The van der Waals surface area contributed by atoms with Crippen LogP contribution < -0.4 is 5.32 Å². The SMILES string of the molecule is O=C(CI)Nc1cc2cccnc2c2ncccc12. The largest absolute Gasteiger partial charge is 0.325 e. The molecule has 0 aliphatic carbocycles. The van der Waals surface area contributed by atoms with Crippen LogP contribution in [0.5, 0.6) is 0 Å². The molecule has 0 bridgehead atoms. The molecule has 0 atom stereocenters. The lowest BCUT2D eigenvalue weighted by molar-refractivity contribution is -0.113. The van der Waals surface area contributed by atoms with Crippen LogP contribution in [0.25, 0.3) is 21.8 Å². The van der Waals surface area contributed by atoms with Crippen molar-refractivity contribution in [2.75, 3.05) is 9.74 Å². The molecule has 1 amide bonds. The number of hydrogen-bond donors (Lipinski definition) is 1. The van der Waals surface area contributed by atoms with Crippen LogP contribution in [0.3, 0.4) is 0 Å². The molecule has 0 saturated heterocycles. The first-order valence-corrected chi connectivity index (χ1v) is 7.30. The van der Waals surface area contributed by atoms with Crippen molar-refractivity contribution in [2.45, 2.75) is 0 Å². The number of anilines is 1. The van der Waals surface area contributed by atoms with Gasteiger partial charge in [-0.1, -0.05) is 28.7 Å². The number of benzene rings is 1. The number of nitrogens with one attached hydrogen (secondary N) is 1. The third-order valence-electron chi connectivity index (χ3n) is 2.86. The van der Waals surface area contributed by atoms with Crippen LogP contribution >= 0.6 is 22.6 Å². The van der Waals surface area contributed by atoms with Crippen molar-refractivity contribution < 1.29 is 4.79 Å². The van der Waals surface area contributed by atoms with E-state index in [0.717, 1.165) is 27.5 Å². The predicted molar refractivity (Wildman–Crippen MR) is 84.6 cm³/mol. The average Bonchev–Trinajstić information content (AvgIpc) is 2.47. The second-order valence-electron chi connectivity index (χ2n) is 4.08. The second-order valence-corrected chi connectivity index (χ2v) is 4.84. The summed E-state index contributed by atoms with van der Waals surface area (Å²) < 4.78 is 0.421. The molecule has 19 heavy (non-hydrogen) atoms. The van der Waals surface area contributed by atoms with Crippen LogP contribution in [-0.2, 0) is 4.79 Å². The molecule has 0 radical (unpaired) electrons. The molecule has 0 fully saturated rings. The fourth-order valence-electron chi connectivity index (χ4n) is 2.06. The summed E-state index contributed by atoms with van der Waals surface area (Å²) in [4.78, 5) is 20.4. The van der Waals surface area contributed by atoms with Crippen LogP contribution in [0.15, 0.2) is 42.7 Å². The van der Waals surface area contributed by atoms with Gasteiger partial charge in [0.15, 0.2) is 0 Å². The van der Waals surface area contributed by atoms with Gasteiger partial charge < -0.3 is 5.32 Å². The predicted octanol–water partition coefficient (Wildman–Crippen LogP) is 3.16. The highest BCUT2D eigenvalue weighted by Gasteiger charge is 2.09. The van der Waals surface area contributed by atoms with E-state index in [1.165, 1.54) is 0 Å². The van der Waals surface area contributed by atoms with Gasteiger partial charge in [-0.25, -0.2) is 0 Å². The maximum atomic E-state index is 11.6. The van der Waals surface area contributed by atoms with Gasteiger partial charge in [-0.3, -0.25) is 14.8 Å². The van der Waals surface area contributed by atoms with E-state index in [0.29, 0.717) is 4.43 Å². The standard InChI is InChI=1S/C14H10IN3O/c15-8-12(19)18-11-7-9-3-1-5-16-13(9)14-10(11)4-2-6-17-14/h1-7H,8H2,(H,18,19). The molecule has 94 valence electrons. The van der Waals surface area contributed by atoms with Crippen molar-refractivity contribution in [2.24, 2.45) is 0 Å². The number of carbonyl (C=O) groups is 1. The highest BCUT2D eigenvalue weighted by atomic mass is 127. The number of hydrogen-bond acceptors (Lipinski definition) is 3. The van der Waals surface area contributed by atoms with E-state index < -0.39 is 0 Å². The number of fused-ring (bicyclic) bond motifs is 3. The molecule has 1 N–H and O–H groups in total. The summed E-state index contributed by atoms with van der Waals surface area (Å²) >= 11 is 2.04. The summed E-state index contributed by atoms with van der Waals surface area (Å²) in [5.41, 5.74) is 2.44. The zero-order chi connectivity index (χ0) is 13.2. The van der Waals surface area contributed by atoms with Crippen LogP contribution in [-0.4, -0.2) is 20.3 Å². The number of amides is 1. The Morgan fingerprint density at radius 2 is 1.89 bits per heavy atom. The van der Waals surface area contributed by atoms with E-state index in [1.54, 1.807) is 12.4 Å². The maximum absolute atomic E-state index is 11.6. The van der Waals surface area contributed by atoms with Crippen molar-refractivity contribution in [1.29, 1.82) is 0 Å². The number of alkyl halides is 1. The normalized spacial score (nSPS) is 10.8. The lowest BCUT2D eigenvalue weighted by atomic mass is 10.1. The Balaban J connectivity index is 2.32. The Kier molecular flexibility index (Phi) is 3.29. The Morgan fingerprint density at radius 1 is 1.16 bits per heavy atom. The smallest absolute Gasteiger partial charge is 0.234 e. The minimum Gasteiger partial charge on any atom is -0.325 e. The molecule has 3 rings (SSSR count). The van der Waals surface area contributed by atoms with E-state index >= 15 is 0 Å². The minimum atomic E-state index is -0.0195. The van der Waals surface area contributed by atoms with E-state index in [-0.39, 0.29) is 5.91 Å². The Bertz CT molecular complexity index is 773. The Labute approximate surface area is 123 Å². The highest BCUT2D eigenvalue weighted by Crippen LogP contribution is 2.29. The van der Waals surface area contributed by atoms with E-state index in [9.17, 15) is 4.79 Å². The summed E-state index contributed by atoms with van der Waals surface area (Å²) in [5, 5.41) is 4.79. The van der Waals surface area contributed by atoms with Gasteiger partial charge in [0, 0.05) is 23.2 Å². The summed E-state index contributed by atoms with van der Waals surface area (Å²) in [7, 11) is 0. The lowest BCUT2D eigenvalue weighted by Gasteiger charge is -2.09. The fraction of sp³-hybridized carbons (Fsp3) is 0.0714. The van der Waals surface area contributed by atoms with Crippen molar-refractivity contribution in [3.05, 3.63) is 42.7 Å². The summed E-state index contributed by atoms with van der Waals surface area (Å²) in [5.74, 6) is -0.0195. The van der Waals surface area contributed by atoms with Crippen LogP contribution in [0.4, 0.5) is 5.69 Å². The molecule has 0 aliphatic rings. The van der Waals surface area contributed by atoms with E-state index in [1.807, 2.05) is 52.9 Å². The zero-order valence-corrected chi connectivity index (χ0v) is 12.1. The molecule has 5 heteroatoms. The third kappa shape index (κ3) is 2.25. The zero-order valence-electron chi connectivity index (χ0n) is 9.93. The molecule has 0 aliphatic heterocycles. The molecular weight excluding hydrogens is 353 g/mol. The summed E-state index contributed by atoms with van der Waals surface area (Å²) in [6.07, 6.45) is 3.49. The van der Waals surface area contributed by atoms with Crippen molar-refractivity contribution >= 4 is 56.0 Å². The highest BCUT2D eigenvalue weighted by molar-refractivity contribution is 14.1. The summed E-state index contributed by atoms with van der Waals surface area (Å²) in [6.45, 7) is 0. The van der Waals surface area contributed by atoms with Gasteiger partial charge in [-0.05, 0) is 24.3 Å². The number of carbonyl (C=O) groups excluding carboxylic acids is 1. The van der Waals surface area contributed by atoms with Gasteiger partial charge in [0.05, 0.1) is 21.1 Å². The quantitative estimate of drug-likeness (QED) is 0.432. The number of pyridine rings is 2. The van der Waals surface area contributed by atoms with Crippen LogP contribution in [0.2, 0.25) is 0 Å². The molecule has 2 aromatic heterocycles. The van der Waals surface area contributed by atoms with Gasteiger partial charge >= 0.3 is 0 Å². The molecule has 0 saturated carbocycles. The van der Waals surface area contributed by atoms with Gasteiger partial charge in [0.1, 0.15) is 0 Å². The minimum absolute atomic E-state index is 0.0195. The molecule has 4 nitrogen and oxygen atoms in total. The van der Waals surface area contributed by atoms with E-state index in [4.69, 9.17) is 0 Å². The van der Waals surface area contributed by atoms with Gasteiger partial charge in [-0.2, -0.15) is 0 Å². The first kappa shape index (κ1) is 12.3. The maximum Gasteiger partial charge on any atom is 0.234 e. The van der Waals surface area contributed by atoms with Crippen molar-refractivity contribution in [1.82, 2.24) is 9.97 Å². The molecule has 0 unspecified atom stereocenters. The molecule has 2 heterocycles. The van der Waals surface area contributed by atoms with Crippen LogP contribution in [0, 0.1) is 0 Å². The van der Waals surface area contributed by atoms with Gasteiger partial charge in [-0.15, -0.1) is 0 Å². The monoisotopic (exact) mass is 363 g/mol. The first-order chi connectivity index (χ1) is 9.29. The number of aromatic nitrogens is 2. The molecule has 3 aromatic rings. The van der Waals surface area contributed by atoms with E-state index in [2.05, 4.69) is 15.3 Å². The second kappa shape index (κ2) is 5.08. The topological polar surface area (TPSA) is 54.9 Å². The number of rotatable bonds is 2. The Hall–Kier alpha value is -1.76. The summed E-state index contributed by atoms with van der Waals surface area (Å²) in [6, 6.07) is 9.59. The first-order valence-electron chi connectivity index (χ1n) is 5.78. The Morgan fingerprint density at radius 3 is 2.68 bits per heavy atom. The molecule has 1 aromatic carbocycles. The number of halogens is 1. The number of nitrogens with zero attached hydrogens (tertiary/aromatic N) is 2. The molecular formula is C14H10IN3O. The van der Waals surface area contributed by atoms with Gasteiger partial charge in [0.25, 0.3) is 0 Å². The lowest BCUT2D eigenvalue weighted by Crippen LogP contribution is -2.12. The van der Waals surface area contributed by atoms with Crippen LogP contribution in [0.1, 0.15) is 0 Å². The average molecular weight is 363 g/mol. The van der Waals surface area contributed by atoms with Gasteiger partial charge in [0.2, 0.25) is 5.91 Å². The molecule has 0 spiro atoms. The third-order valence-corrected chi connectivity index (χ3v) is 3.55.